The standard InChI is InChI=1S/C17H15FN2O2S2/c1-11-20-15(9-23-11)16-7-4-13(22-16)8-19-17(21)10-24-14-5-2-12(18)3-6-14/h2-7,9H,8,10H2,1H3,(H,19,21). The van der Waals surface area contributed by atoms with Gasteiger partial charge in [-0.15, -0.1) is 23.1 Å². The largest absolute Gasteiger partial charge is 0.458 e. The molecular weight excluding hydrogens is 347 g/mol. The number of aryl methyl sites for hydroxylation is 1. The molecular formula is C17H15FN2O2S2. The Kier molecular flexibility index (Phi) is 5.32. The molecule has 0 radical (unpaired) electrons. The zero-order valence-electron chi connectivity index (χ0n) is 12.9. The van der Waals surface area contributed by atoms with Crippen LogP contribution in [0, 0.1) is 12.7 Å². The minimum Gasteiger partial charge on any atom is -0.458 e. The van der Waals surface area contributed by atoms with Crippen molar-refractivity contribution in [3.05, 3.63) is 58.4 Å². The average Bonchev–Trinajstić information content (AvgIpc) is 3.21. The maximum Gasteiger partial charge on any atom is 0.230 e. The van der Waals surface area contributed by atoms with Gasteiger partial charge in [0.2, 0.25) is 5.91 Å². The lowest BCUT2D eigenvalue weighted by atomic mass is 10.3. The van der Waals surface area contributed by atoms with Gasteiger partial charge in [-0.1, -0.05) is 0 Å². The van der Waals surface area contributed by atoms with Crippen LogP contribution < -0.4 is 5.32 Å². The predicted octanol–water partition coefficient (Wildman–Crippen LogP) is 4.26. The smallest absolute Gasteiger partial charge is 0.230 e. The topological polar surface area (TPSA) is 55.1 Å². The van der Waals surface area contributed by atoms with E-state index in [9.17, 15) is 9.18 Å². The number of thioether (sulfide) groups is 1. The number of aromatic nitrogens is 1. The van der Waals surface area contributed by atoms with Crippen molar-refractivity contribution in [1.82, 2.24) is 10.3 Å². The summed E-state index contributed by atoms with van der Waals surface area (Å²) in [5.74, 6) is 1.25. The van der Waals surface area contributed by atoms with Gasteiger partial charge in [0.25, 0.3) is 0 Å². The van der Waals surface area contributed by atoms with Crippen molar-refractivity contribution in [3.63, 3.8) is 0 Å². The van der Waals surface area contributed by atoms with Crippen LogP contribution in [-0.4, -0.2) is 16.6 Å². The van der Waals surface area contributed by atoms with Crippen LogP contribution >= 0.6 is 23.1 Å². The number of carbonyl (C=O) groups is 1. The summed E-state index contributed by atoms with van der Waals surface area (Å²) in [5.41, 5.74) is 0.807. The average molecular weight is 362 g/mol. The fourth-order valence-electron chi connectivity index (χ4n) is 2.00. The molecule has 1 aromatic carbocycles. The molecule has 124 valence electrons. The van der Waals surface area contributed by atoms with Crippen LogP contribution in [0.2, 0.25) is 0 Å². The molecule has 7 heteroatoms. The summed E-state index contributed by atoms with van der Waals surface area (Å²) in [6.07, 6.45) is 0. The summed E-state index contributed by atoms with van der Waals surface area (Å²) >= 11 is 2.92. The summed E-state index contributed by atoms with van der Waals surface area (Å²) in [5, 5.41) is 5.73. The molecule has 0 atom stereocenters. The highest BCUT2D eigenvalue weighted by Gasteiger charge is 2.09. The molecule has 2 heterocycles. The van der Waals surface area contributed by atoms with Gasteiger partial charge >= 0.3 is 0 Å². The molecule has 0 aliphatic rings. The number of hydrogen-bond acceptors (Lipinski definition) is 5. The Bertz CT molecular complexity index is 827. The second-order valence-corrected chi connectivity index (χ2v) is 7.15. The fraction of sp³-hybridized carbons (Fsp3) is 0.176. The predicted molar refractivity (Wildman–Crippen MR) is 93.5 cm³/mol. The number of rotatable bonds is 6. The van der Waals surface area contributed by atoms with Crippen LogP contribution in [0.25, 0.3) is 11.5 Å². The zero-order valence-corrected chi connectivity index (χ0v) is 14.5. The fourth-order valence-corrected chi connectivity index (χ4v) is 3.33. The molecule has 0 spiro atoms. The monoisotopic (exact) mass is 362 g/mol. The number of furan rings is 1. The molecule has 24 heavy (non-hydrogen) atoms. The second-order valence-electron chi connectivity index (χ2n) is 5.04. The van der Waals surface area contributed by atoms with Crippen LogP contribution in [0.5, 0.6) is 0 Å². The summed E-state index contributed by atoms with van der Waals surface area (Å²) in [4.78, 5) is 17.1. The lowest BCUT2D eigenvalue weighted by Gasteiger charge is -2.03. The molecule has 1 N–H and O–H groups in total. The minimum atomic E-state index is -0.285. The van der Waals surface area contributed by atoms with Gasteiger partial charge < -0.3 is 9.73 Å². The zero-order chi connectivity index (χ0) is 16.9. The first-order chi connectivity index (χ1) is 11.6. The quantitative estimate of drug-likeness (QED) is 0.666. The molecule has 0 aliphatic heterocycles. The number of benzene rings is 1. The SMILES string of the molecule is Cc1nc(-c2ccc(CNC(=O)CSc3ccc(F)cc3)o2)cs1. The van der Waals surface area contributed by atoms with E-state index in [-0.39, 0.29) is 17.5 Å². The number of nitrogens with one attached hydrogen (secondary N) is 1. The van der Waals surface area contributed by atoms with Crippen LogP contribution in [0.3, 0.4) is 0 Å². The number of thiazole rings is 1. The lowest BCUT2D eigenvalue weighted by molar-refractivity contribution is -0.118. The molecule has 0 bridgehead atoms. The van der Waals surface area contributed by atoms with E-state index >= 15 is 0 Å². The molecule has 0 fully saturated rings. The molecule has 0 aliphatic carbocycles. The molecule has 3 aromatic rings. The van der Waals surface area contributed by atoms with Gasteiger partial charge in [-0.25, -0.2) is 9.37 Å². The highest BCUT2D eigenvalue weighted by Crippen LogP contribution is 2.23. The Balaban J connectivity index is 1.48. The Morgan fingerprint density at radius 2 is 2.08 bits per heavy atom. The van der Waals surface area contributed by atoms with Gasteiger partial charge in [0.05, 0.1) is 17.3 Å². The minimum absolute atomic E-state index is 0.105. The summed E-state index contributed by atoms with van der Waals surface area (Å²) in [6, 6.07) is 9.75. The highest BCUT2D eigenvalue weighted by atomic mass is 32.2. The second kappa shape index (κ2) is 7.63. The maximum atomic E-state index is 12.8. The van der Waals surface area contributed by atoms with E-state index < -0.39 is 0 Å². The van der Waals surface area contributed by atoms with Crippen LogP contribution in [0.1, 0.15) is 10.8 Å². The highest BCUT2D eigenvalue weighted by molar-refractivity contribution is 8.00. The summed E-state index contributed by atoms with van der Waals surface area (Å²) in [7, 11) is 0. The number of amides is 1. The Hall–Kier alpha value is -2.12. The van der Waals surface area contributed by atoms with Crippen LogP contribution in [0.4, 0.5) is 4.39 Å². The van der Waals surface area contributed by atoms with Gasteiger partial charge in [0, 0.05) is 10.3 Å². The third-order valence-electron chi connectivity index (χ3n) is 3.18. The first-order valence-electron chi connectivity index (χ1n) is 7.26. The first kappa shape index (κ1) is 16.7. The summed E-state index contributed by atoms with van der Waals surface area (Å²) < 4.78 is 18.5. The molecule has 4 nitrogen and oxygen atoms in total. The molecule has 0 saturated carbocycles. The molecule has 0 unspecified atom stereocenters. The number of carbonyl (C=O) groups excluding carboxylic acids is 1. The lowest BCUT2D eigenvalue weighted by Crippen LogP contribution is -2.24. The van der Waals surface area contributed by atoms with Crippen molar-refractivity contribution in [3.8, 4) is 11.5 Å². The van der Waals surface area contributed by atoms with Gasteiger partial charge in [-0.3, -0.25) is 4.79 Å². The maximum absolute atomic E-state index is 12.8. The number of halogens is 1. The Morgan fingerprint density at radius 3 is 2.79 bits per heavy atom. The van der Waals surface area contributed by atoms with Crippen molar-refractivity contribution < 1.29 is 13.6 Å². The molecule has 1 amide bonds. The third kappa shape index (κ3) is 4.46. The van der Waals surface area contributed by atoms with Crippen molar-refractivity contribution in [2.24, 2.45) is 0 Å². The van der Waals surface area contributed by atoms with Gasteiger partial charge in [0.1, 0.15) is 17.3 Å². The Morgan fingerprint density at radius 1 is 1.29 bits per heavy atom. The van der Waals surface area contributed by atoms with E-state index in [1.165, 1.54) is 23.9 Å². The van der Waals surface area contributed by atoms with Crippen molar-refractivity contribution in [2.75, 3.05) is 5.75 Å². The van der Waals surface area contributed by atoms with Gasteiger partial charge in [0.15, 0.2) is 5.76 Å². The number of nitrogens with zero attached hydrogens (tertiary/aromatic N) is 1. The molecule has 0 saturated heterocycles. The van der Waals surface area contributed by atoms with Crippen molar-refractivity contribution in [1.29, 1.82) is 0 Å². The van der Waals surface area contributed by atoms with Crippen molar-refractivity contribution in [2.45, 2.75) is 18.4 Å². The molecule has 2 aromatic heterocycles. The van der Waals surface area contributed by atoms with Gasteiger partial charge in [-0.2, -0.15) is 0 Å². The van der Waals surface area contributed by atoms with E-state index in [4.69, 9.17) is 4.42 Å². The van der Waals surface area contributed by atoms with E-state index in [0.717, 1.165) is 15.6 Å². The van der Waals surface area contributed by atoms with Crippen molar-refractivity contribution >= 4 is 29.0 Å². The first-order valence-corrected chi connectivity index (χ1v) is 9.13. The normalized spacial score (nSPS) is 10.8. The number of hydrogen-bond donors (Lipinski definition) is 1. The van der Waals surface area contributed by atoms with Crippen LogP contribution in [-0.2, 0) is 11.3 Å². The third-order valence-corrected chi connectivity index (χ3v) is 4.96. The summed E-state index contributed by atoms with van der Waals surface area (Å²) in [6.45, 7) is 2.27. The van der Waals surface area contributed by atoms with E-state index in [2.05, 4.69) is 10.3 Å². The van der Waals surface area contributed by atoms with Gasteiger partial charge in [-0.05, 0) is 43.3 Å². The van der Waals surface area contributed by atoms with Crippen LogP contribution in [0.15, 0.2) is 51.1 Å². The molecule has 3 rings (SSSR count). The van der Waals surface area contributed by atoms with E-state index in [1.807, 2.05) is 24.4 Å². The van der Waals surface area contributed by atoms with E-state index in [1.54, 1.807) is 23.5 Å². The Labute approximate surface area is 147 Å². The van der Waals surface area contributed by atoms with E-state index in [0.29, 0.717) is 18.1 Å².